The fourth-order valence-corrected chi connectivity index (χ4v) is 4.74. The van der Waals surface area contributed by atoms with Crippen LogP contribution in [0.5, 0.6) is 0 Å². The Morgan fingerprint density at radius 1 is 1.00 bits per heavy atom. The normalized spacial score (nSPS) is 14.8. The number of nitrogens with one attached hydrogen (secondary N) is 1. The van der Waals surface area contributed by atoms with Gasteiger partial charge in [0, 0.05) is 31.6 Å². The minimum atomic E-state index is -3.51. The number of hydrogen-bond acceptors (Lipinski definition) is 5. The SMILES string of the molecule is NC(=O)c1cccc(CCNC(=O)CCc2ccc(S(=O)(=O)N3CCOCC3)cc2)c1. The summed E-state index contributed by atoms with van der Waals surface area (Å²) in [6, 6.07) is 13.7. The summed E-state index contributed by atoms with van der Waals surface area (Å²) in [4.78, 5) is 23.6. The molecule has 1 fully saturated rings. The van der Waals surface area contributed by atoms with Gasteiger partial charge in [-0.1, -0.05) is 24.3 Å². The quantitative estimate of drug-likeness (QED) is 0.599. The first kappa shape index (κ1) is 22.9. The Morgan fingerprint density at radius 2 is 1.71 bits per heavy atom. The lowest BCUT2D eigenvalue weighted by Crippen LogP contribution is -2.40. The van der Waals surface area contributed by atoms with E-state index >= 15 is 0 Å². The van der Waals surface area contributed by atoms with Crippen LogP contribution in [0.2, 0.25) is 0 Å². The molecule has 2 aromatic carbocycles. The van der Waals surface area contributed by atoms with Crippen molar-refractivity contribution in [1.82, 2.24) is 9.62 Å². The van der Waals surface area contributed by atoms with Gasteiger partial charge in [-0.2, -0.15) is 4.31 Å². The molecule has 8 nitrogen and oxygen atoms in total. The molecule has 2 amide bonds. The Balaban J connectivity index is 1.45. The molecule has 0 unspecified atom stereocenters. The maximum atomic E-state index is 12.6. The lowest BCUT2D eigenvalue weighted by molar-refractivity contribution is -0.121. The number of ether oxygens (including phenoxy) is 1. The van der Waals surface area contributed by atoms with Crippen molar-refractivity contribution >= 4 is 21.8 Å². The van der Waals surface area contributed by atoms with Gasteiger partial charge in [0.2, 0.25) is 21.8 Å². The molecular weight excluding hydrogens is 418 g/mol. The van der Waals surface area contributed by atoms with Crippen LogP contribution in [0.25, 0.3) is 0 Å². The number of primary amides is 1. The minimum Gasteiger partial charge on any atom is -0.379 e. The first-order valence-corrected chi connectivity index (χ1v) is 11.6. The van der Waals surface area contributed by atoms with Crippen molar-refractivity contribution in [2.75, 3.05) is 32.8 Å². The van der Waals surface area contributed by atoms with E-state index < -0.39 is 15.9 Å². The van der Waals surface area contributed by atoms with E-state index in [0.717, 1.165) is 11.1 Å². The van der Waals surface area contributed by atoms with Crippen molar-refractivity contribution < 1.29 is 22.7 Å². The van der Waals surface area contributed by atoms with Gasteiger partial charge >= 0.3 is 0 Å². The molecule has 0 aliphatic carbocycles. The van der Waals surface area contributed by atoms with Crippen LogP contribution in [-0.2, 0) is 32.4 Å². The van der Waals surface area contributed by atoms with Crippen LogP contribution >= 0.6 is 0 Å². The summed E-state index contributed by atoms with van der Waals surface area (Å²) in [7, 11) is -3.51. The van der Waals surface area contributed by atoms with Crippen molar-refractivity contribution in [2.24, 2.45) is 5.73 Å². The molecule has 0 aromatic heterocycles. The Kier molecular flexibility index (Phi) is 7.78. The summed E-state index contributed by atoms with van der Waals surface area (Å²) in [6.45, 7) is 1.98. The average molecular weight is 446 g/mol. The first-order chi connectivity index (χ1) is 14.9. The number of carbonyl (C=O) groups excluding carboxylic acids is 2. The Hall–Kier alpha value is -2.75. The van der Waals surface area contributed by atoms with Gasteiger partial charge < -0.3 is 15.8 Å². The number of morpholine rings is 1. The predicted octanol–water partition coefficient (Wildman–Crippen LogP) is 1.10. The third-order valence-corrected chi connectivity index (χ3v) is 7.03. The number of nitrogens with zero attached hydrogens (tertiary/aromatic N) is 1. The highest BCUT2D eigenvalue weighted by molar-refractivity contribution is 7.89. The van der Waals surface area contributed by atoms with Crippen molar-refractivity contribution in [3.05, 3.63) is 65.2 Å². The van der Waals surface area contributed by atoms with Gasteiger partial charge in [-0.3, -0.25) is 9.59 Å². The number of amides is 2. The fraction of sp³-hybridized carbons (Fsp3) is 0.364. The van der Waals surface area contributed by atoms with E-state index in [0.29, 0.717) is 57.7 Å². The highest BCUT2D eigenvalue weighted by Gasteiger charge is 2.26. The number of rotatable bonds is 9. The largest absolute Gasteiger partial charge is 0.379 e. The van der Waals surface area contributed by atoms with Gasteiger partial charge in [0.15, 0.2) is 0 Å². The maximum absolute atomic E-state index is 12.6. The molecular formula is C22H27N3O5S. The van der Waals surface area contributed by atoms with E-state index in [2.05, 4.69) is 5.32 Å². The molecule has 2 aromatic rings. The summed E-state index contributed by atoms with van der Waals surface area (Å²) in [5, 5.41) is 2.86. The van der Waals surface area contributed by atoms with E-state index in [4.69, 9.17) is 10.5 Å². The van der Waals surface area contributed by atoms with Crippen LogP contribution in [0, 0.1) is 0 Å². The van der Waals surface area contributed by atoms with Gasteiger partial charge in [0.05, 0.1) is 18.1 Å². The Bertz CT molecular complexity index is 1020. The van der Waals surface area contributed by atoms with E-state index in [-0.39, 0.29) is 10.8 Å². The molecule has 0 spiro atoms. The standard InChI is InChI=1S/C22H27N3O5S/c23-22(27)19-3-1-2-18(16-19)10-11-24-21(26)9-6-17-4-7-20(8-5-17)31(28,29)25-12-14-30-15-13-25/h1-5,7-8,16H,6,9-15H2,(H2,23,27)(H,24,26). The zero-order valence-corrected chi connectivity index (χ0v) is 18.1. The highest BCUT2D eigenvalue weighted by Crippen LogP contribution is 2.18. The molecule has 1 aliphatic rings. The van der Waals surface area contributed by atoms with Crippen molar-refractivity contribution in [1.29, 1.82) is 0 Å². The van der Waals surface area contributed by atoms with Gasteiger partial charge in [-0.25, -0.2) is 8.42 Å². The molecule has 0 saturated carbocycles. The van der Waals surface area contributed by atoms with Gasteiger partial charge in [-0.15, -0.1) is 0 Å². The number of aryl methyl sites for hydroxylation is 1. The zero-order chi connectivity index (χ0) is 22.3. The van der Waals surface area contributed by atoms with E-state index in [1.165, 1.54) is 4.31 Å². The molecule has 3 rings (SSSR count). The van der Waals surface area contributed by atoms with Crippen molar-refractivity contribution in [3.8, 4) is 0 Å². The highest BCUT2D eigenvalue weighted by atomic mass is 32.2. The summed E-state index contributed by atoms with van der Waals surface area (Å²) in [6.07, 6.45) is 1.42. The monoisotopic (exact) mass is 445 g/mol. The molecule has 0 bridgehead atoms. The van der Waals surface area contributed by atoms with Crippen LogP contribution in [0.15, 0.2) is 53.4 Å². The number of hydrogen-bond donors (Lipinski definition) is 2. The summed E-state index contributed by atoms with van der Waals surface area (Å²) in [5.41, 5.74) is 7.54. The topological polar surface area (TPSA) is 119 Å². The molecule has 0 atom stereocenters. The molecule has 3 N–H and O–H groups in total. The lowest BCUT2D eigenvalue weighted by Gasteiger charge is -2.26. The molecule has 1 aliphatic heterocycles. The Labute approximate surface area is 182 Å². The van der Waals surface area contributed by atoms with Crippen LogP contribution < -0.4 is 11.1 Å². The second-order valence-corrected chi connectivity index (χ2v) is 9.26. The molecule has 31 heavy (non-hydrogen) atoms. The Morgan fingerprint density at radius 3 is 2.39 bits per heavy atom. The lowest BCUT2D eigenvalue weighted by atomic mass is 10.1. The predicted molar refractivity (Wildman–Crippen MR) is 116 cm³/mol. The van der Waals surface area contributed by atoms with Crippen LogP contribution in [0.1, 0.15) is 27.9 Å². The minimum absolute atomic E-state index is 0.0870. The molecule has 166 valence electrons. The van der Waals surface area contributed by atoms with E-state index in [1.807, 2.05) is 6.07 Å². The van der Waals surface area contributed by atoms with Crippen molar-refractivity contribution in [2.45, 2.75) is 24.2 Å². The average Bonchev–Trinajstić information content (AvgIpc) is 2.79. The number of benzene rings is 2. The number of carbonyl (C=O) groups is 2. The van der Waals surface area contributed by atoms with Gasteiger partial charge in [0.1, 0.15) is 0 Å². The summed E-state index contributed by atoms with van der Waals surface area (Å²) in [5.74, 6) is -0.564. The third kappa shape index (κ3) is 6.36. The second kappa shape index (κ2) is 10.5. The smallest absolute Gasteiger partial charge is 0.248 e. The number of sulfonamides is 1. The molecule has 0 radical (unpaired) electrons. The van der Waals surface area contributed by atoms with E-state index in [9.17, 15) is 18.0 Å². The third-order valence-electron chi connectivity index (χ3n) is 5.12. The maximum Gasteiger partial charge on any atom is 0.248 e. The molecule has 1 saturated heterocycles. The second-order valence-electron chi connectivity index (χ2n) is 7.32. The van der Waals surface area contributed by atoms with Gasteiger partial charge in [0.25, 0.3) is 0 Å². The number of nitrogens with two attached hydrogens (primary N) is 1. The zero-order valence-electron chi connectivity index (χ0n) is 17.2. The summed E-state index contributed by atoms with van der Waals surface area (Å²) >= 11 is 0. The van der Waals surface area contributed by atoms with Crippen molar-refractivity contribution in [3.63, 3.8) is 0 Å². The fourth-order valence-electron chi connectivity index (χ4n) is 3.34. The molecule has 1 heterocycles. The first-order valence-electron chi connectivity index (χ1n) is 10.2. The molecule has 9 heteroatoms. The summed E-state index contributed by atoms with van der Waals surface area (Å²) < 4.78 is 31.9. The van der Waals surface area contributed by atoms with Crippen LogP contribution in [0.3, 0.4) is 0 Å². The van der Waals surface area contributed by atoms with Crippen LogP contribution in [0.4, 0.5) is 0 Å². The van der Waals surface area contributed by atoms with Gasteiger partial charge in [-0.05, 0) is 48.2 Å². The van der Waals surface area contributed by atoms with E-state index in [1.54, 1.807) is 42.5 Å². The van der Waals surface area contributed by atoms with Crippen LogP contribution in [-0.4, -0.2) is 57.4 Å².